The lowest BCUT2D eigenvalue weighted by molar-refractivity contribution is 0.329. The Morgan fingerprint density at radius 3 is 2.42 bits per heavy atom. The second-order valence-electron chi connectivity index (χ2n) is 4.22. The van der Waals surface area contributed by atoms with E-state index in [1.807, 2.05) is 51.2 Å². The summed E-state index contributed by atoms with van der Waals surface area (Å²) in [5.74, 6) is 1.77. The third-order valence-electron chi connectivity index (χ3n) is 2.85. The molecule has 0 bridgehead atoms. The first-order valence-electron chi connectivity index (χ1n) is 6.56. The standard InChI is InChI=1S/C16H19NO2/c1-4-18-15-10-14(13-7-6-8-17-11-13)16(19-5-2)9-12(15)3/h6-11H,4-5H2,1-3H3. The lowest BCUT2D eigenvalue weighted by Gasteiger charge is -2.15. The average Bonchev–Trinajstić information content (AvgIpc) is 2.43. The van der Waals surface area contributed by atoms with E-state index < -0.39 is 0 Å². The van der Waals surface area contributed by atoms with Gasteiger partial charge in [-0.25, -0.2) is 0 Å². The topological polar surface area (TPSA) is 31.4 Å². The Kier molecular flexibility index (Phi) is 4.39. The maximum absolute atomic E-state index is 5.72. The van der Waals surface area contributed by atoms with Crippen molar-refractivity contribution < 1.29 is 9.47 Å². The van der Waals surface area contributed by atoms with Gasteiger partial charge in [-0.3, -0.25) is 4.98 Å². The zero-order chi connectivity index (χ0) is 13.7. The molecule has 0 atom stereocenters. The number of hydrogen-bond donors (Lipinski definition) is 0. The molecule has 19 heavy (non-hydrogen) atoms. The van der Waals surface area contributed by atoms with Crippen LogP contribution in [0.4, 0.5) is 0 Å². The Labute approximate surface area is 114 Å². The molecule has 0 radical (unpaired) electrons. The van der Waals surface area contributed by atoms with E-state index in [0.717, 1.165) is 28.2 Å². The van der Waals surface area contributed by atoms with Crippen molar-refractivity contribution in [2.24, 2.45) is 0 Å². The fourth-order valence-electron chi connectivity index (χ4n) is 2.00. The molecule has 3 nitrogen and oxygen atoms in total. The smallest absolute Gasteiger partial charge is 0.127 e. The van der Waals surface area contributed by atoms with Gasteiger partial charge in [0.1, 0.15) is 11.5 Å². The van der Waals surface area contributed by atoms with Gasteiger partial charge in [0.2, 0.25) is 0 Å². The van der Waals surface area contributed by atoms with Crippen LogP contribution in [0.1, 0.15) is 19.4 Å². The summed E-state index contributed by atoms with van der Waals surface area (Å²) in [5.41, 5.74) is 3.13. The van der Waals surface area contributed by atoms with E-state index in [1.165, 1.54) is 0 Å². The second-order valence-corrected chi connectivity index (χ2v) is 4.22. The minimum Gasteiger partial charge on any atom is -0.494 e. The van der Waals surface area contributed by atoms with Crippen LogP contribution in [0.3, 0.4) is 0 Å². The van der Waals surface area contributed by atoms with E-state index in [2.05, 4.69) is 4.98 Å². The van der Waals surface area contributed by atoms with Crippen LogP contribution in [0, 0.1) is 6.92 Å². The quantitative estimate of drug-likeness (QED) is 0.815. The van der Waals surface area contributed by atoms with Crippen LogP contribution in [-0.4, -0.2) is 18.2 Å². The van der Waals surface area contributed by atoms with Gasteiger partial charge >= 0.3 is 0 Å². The Bertz CT molecular complexity index is 538. The van der Waals surface area contributed by atoms with Crippen LogP contribution in [-0.2, 0) is 0 Å². The molecule has 0 unspecified atom stereocenters. The summed E-state index contributed by atoms with van der Waals surface area (Å²) in [6, 6.07) is 8.00. The van der Waals surface area contributed by atoms with Crippen molar-refractivity contribution in [2.45, 2.75) is 20.8 Å². The second kappa shape index (κ2) is 6.23. The number of hydrogen-bond acceptors (Lipinski definition) is 3. The van der Waals surface area contributed by atoms with Crippen LogP contribution in [0.15, 0.2) is 36.7 Å². The molecule has 0 spiro atoms. The summed E-state index contributed by atoms with van der Waals surface area (Å²) >= 11 is 0. The monoisotopic (exact) mass is 257 g/mol. The molecule has 0 aliphatic carbocycles. The highest BCUT2D eigenvalue weighted by atomic mass is 16.5. The Morgan fingerprint density at radius 2 is 1.79 bits per heavy atom. The van der Waals surface area contributed by atoms with Crippen molar-refractivity contribution in [2.75, 3.05) is 13.2 Å². The zero-order valence-electron chi connectivity index (χ0n) is 11.6. The molecule has 2 rings (SSSR count). The first kappa shape index (κ1) is 13.4. The number of rotatable bonds is 5. The predicted molar refractivity (Wildman–Crippen MR) is 76.7 cm³/mol. The molecule has 0 amide bonds. The van der Waals surface area contributed by atoms with Crippen molar-refractivity contribution >= 4 is 0 Å². The molecule has 0 aliphatic rings. The molecular weight excluding hydrogens is 238 g/mol. The van der Waals surface area contributed by atoms with Crippen molar-refractivity contribution in [3.63, 3.8) is 0 Å². The number of aryl methyl sites for hydroxylation is 1. The van der Waals surface area contributed by atoms with Gasteiger partial charge in [0, 0.05) is 23.5 Å². The average molecular weight is 257 g/mol. The fourth-order valence-corrected chi connectivity index (χ4v) is 2.00. The summed E-state index contributed by atoms with van der Waals surface area (Å²) in [6.45, 7) is 7.29. The van der Waals surface area contributed by atoms with Gasteiger partial charge in [0.05, 0.1) is 13.2 Å². The normalized spacial score (nSPS) is 10.3. The van der Waals surface area contributed by atoms with Gasteiger partial charge in [-0.2, -0.15) is 0 Å². The number of benzene rings is 1. The molecule has 1 aromatic heterocycles. The molecule has 100 valence electrons. The first-order chi connectivity index (χ1) is 9.26. The summed E-state index contributed by atoms with van der Waals surface area (Å²) in [5, 5.41) is 0. The molecule has 0 aliphatic heterocycles. The summed E-state index contributed by atoms with van der Waals surface area (Å²) in [4.78, 5) is 4.16. The van der Waals surface area contributed by atoms with Crippen molar-refractivity contribution in [1.82, 2.24) is 4.98 Å². The molecule has 0 saturated carbocycles. The highest BCUT2D eigenvalue weighted by Gasteiger charge is 2.11. The maximum atomic E-state index is 5.72. The highest BCUT2D eigenvalue weighted by molar-refractivity contribution is 5.72. The molecule has 0 saturated heterocycles. The van der Waals surface area contributed by atoms with Gasteiger partial charge in [0.25, 0.3) is 0 Å². The molecule has 3 heteroatoms. The first-order valence-corrected chi connectivity index (χ1v) is 6.56. The lowest BCUT2D eigenvalue weighted by Crippen LogP contribution is -1.99. The van der Waals surface area contributed by atoms with Crippen LogP contribution < -0.4 is 9.47 Å². The molecule has 1 heterocycles. The number of ether oxygens (including phenoxy) is 2. The lowest BCUT2D eigenvalue weighted by atomic mass is 10.0. The molecule has 0 N–H and O–H groups in total. The summed E-state index contributed by atoms with van der Waals surface area (Å²) < 4.78 is 11.4. The van der Waals surface area contributed by atoms with Crippen LogP contribution in [0.25, 0.3) is 11.1 Å². The Hall–Kier alpha value is -2.03. The van der Waals surface area contributed by atoms with Gasteiger partial charge in [-0.15, -0.1) is 0 Å². The number of aromatic nitrogens is 1. The van der Waals surface area contributed by atoms with Crippen LogP contribution in [0.2, 0.25) is 0 Å². The minimum absolute atomic E-state index is 0.640. The van der Waals surface area contributed by atoms with E-state index in [4.69, 9.17) is 9.47 Å². The fraction of sp³-hybridized carbons (Fsp3) is 0.312. The summed E-state index contributed by atoms with van der Waals surface area (Å²) in [6.07, 6.45) is 3.60. The van der Waals surface area contributed by atoms with Gasteiger partial charge in [-0.05, 0) is 44.5 Å². The van der Waals surface area contributed by atoms with Gasteiger partial charge in [-0.1, -0.05) is 6.07 Å². The van der Waals surface area contributed by atoms with Gasteiger partial charge < -0.3 is 9.47 Å². The third-order valence-corrected chi connectivity index (χ3v) is 2.85. The third kappa shape index (κ3) is 3.05. The van der Waals surface area contributed by atoms with Crippen molar-refractivity contribution in [1.29, 1.82) is 0 Å². The Morgan fingerprint density at radius 1 is 1.05 bits per heavy atom. The van der Waals surface area contributed by atoms with E-state index in [-0.39, 0.29) is 0 Å². The summed E-state index contributed by atoms with van der Waals surface area (Å²) in [7, 11) is 0. The van der Waals surface area contributed by atoms with Crippen molar-refractivity contribution in [3.05, 3.63) is 42.2 Å². The molecule has 0 fully saturated rings. The predicted octanol–water partition coefficient (Wildman–Crippen LogP) is 3.85. The minimum atomic E-state index is 0.640. The SMILES string of the molecule is CCOc1cc(-c2cccnc2)c(OCC)cc1C. The van der Waals surface area contributed by atoms with Gasteiger partial charge in [0.15, 0.2) is 0 Å². The molecule has 2 aromatic rings. The zero-order valence-corrected chi connectivity index (χ0v) is 11.6. The van der Waals surface area contributed by atoms with E-state index in [9.17, 15) is 0 Å². The van der Waals surface area contributed by atoms with Crippen molar-refractivity contribution in [3.8, 4) is 22.6 Å². The maximum Gasteiger partial charge on any atom is 0.127 e. The Balaban J connectivity index is 2.52. The molecular formula is C16H19NO2. The van der Waals surface area contributed by atoms with Crippen LogP contribution in [0.5, 0.6) is 11.5 Å². The number of nitrogens with zero attached hydrogens (tertiary/aromatic N) is 1. The van der Waals surface area contributed by atoms with E-state index in [0.29, 0.717) is 13.2 Å². The van der Waals surface area contributed by atoms with E-state index >= 15 is 0 Å². The largest absolute Gasteiger partial charge is 0.494 e. The van der Waals surface area contributed by atoms with Crippen LogP contribution >= 0.6 is 0 Å². The number of pyridine rings is 1. The van der Waals surface area contributed by atoms with E-state index in [1.54, 1.807) is 6.20 Å². The molecule has 1 aromatic carbocycles. The highest BCUT2D eigenvalue weighted by Crippen LogP contribution is 2.35.